The topological polar surface area (TPSA) is 96.7 Å². The summed E-state index contributed by atoms with van der Waals surface area (Å²) in [5.41, 5.74) is 7.17. The summed E-state index contributed by atoms with van der Waals surface area (Å²) >= 11 is 1.55. The molecule has 0 saturated heterocycles. The number of ether oxygens (including phenoxy) is 1. The number of carbonyl (C=O) groups is 1. The summed E-state index contributed by atoms with van der Waals surface area (Å²) in [7, 11) is 0. The number of thiazole rings is 1. The fourth-order valence-corrected chi connectivity index (χ4v) is 4.27. The number of hydrogen-bond donors (Lipinski definition) is 2. The fraction of sp³-hybridized carbons (Fsp3) is 0.130. The first-order chi connectivity index (χ1) is 15.2. The Balaban J connectivity index is 1.50. The van der Waals surface area contributed by atoms with Gasteiger partial charge in [0.15, 0.2) is 0 Å². The second-order valence-corrected chi connectivity index (χ2v) is 8.06. The van der Waals surface area contributed by atoms with Crippen molar-refractivity contribution in [1.29, 1.82) is 0 Å². The maximum atomic E-state index is 11.3. The number of anilines is 1. The number of hydrazone groups is 1. The Labute approximate surface area is 182 Å². The molecule has 1 aliphatic heterocycles. The Morgan fingerprint density at radius 2 is 2.00 bits per heavy atom. The van der Waals surface area contributed by atoms with Crippen molar-refractivity contribution in [1.82, 2.24) is 9.97 Å². The maximum Gasteiger partial charge on any atom is 0.354 e. The highest BCUT2D eigenvalue weighted by atomic mass is 32.1. The van der Waals surface area contributed by atoms with Gasteiger partial charge in [0.05, 0.1) is 28.2 Å². The number of aromatic carboxylic acids is 1. The van der Waals surface area contributed by atoms with Crippen molar-refractivity contribution in [2.24, 2.45) is 5.10 Å². The van der Waals surface area contributed by atoms with E-state index in [1.807, 2.05) is 42.5 Å². The Hall–Kier alpha value is -3.78. The zero-order valence-electron chi connectivity index (χ0n) is 16.4. The fourth-order valence-electron chi connectivity index (χ4n) is 3.46. The molecule has 0 aliphatic carbocycles. The first-order valence-electron chi connectivity index (χ1n) is 9.83. The van der Waals surface area contributed by atoms with Gasteiger partial charge in [0.1, 0.15) is 11.4 Å². The zero-order chi connectivity index (χ0) is 21.2. The third-order valence-corrected chi connectivity index (χ3v) is 5.89. The molecule has 2 aromatic heterocycles. The quantitative estimate of drug-likeness (QED) is 0.440. The van der Waals surface area contributed by atoms with Gasteiger partial charge >= 0.3 is 5.97 Å². The smallest absolute Gasteiger partial charge is 0.354 e. The summed E-state index contributed by atoms with van der Waals surface area (Å²) in [6.45, 7) is 0.610. The third-order valence-electron chi connectivity index (χ3n) is 4.95. The van der Waals surface area contributed by atoms with Crippen molar-refractivity contribution in [2.75, 3.05) is 12.0 Å². The highest BCUT2D eigenvalue weighted by molar-refractivity contribution is 7.22. The van der Waals surface area contributed by atoms with E-state index < -0.39 is 5.97 Å². The number of rotatable bonds is 4. The minimum atomic E-state index is -1.05. The average molecular weight is 430 g/mol. The minimum Gasteiger partial charge on any atom is -0.493 e. The highest BCUT2D eigenvalue weighted by Gasteiger charge is 2.18. The Kier molecular flexibility index (Phi) is 5.05. The van der Waals surface area contributed by atoms with Crippen molar-refractivity contribution in [3.8, 4) is 17.0 Å². The molecule has 5 rings (SSSR count). The lowest BCUT2D eigenvalue weighted by molar-refractivity contribution is 0.0690. The lowest BCUT2D eigenvalue weighted by atomic mass is 10.0. The van der Waals surface area contributed by atoms with Crippen LogP contribution in [0.15, 0.2) is 65.8 Å². The van der Waals surface area contributed by atoms with Gasteiger partial charge in [-0.15, -0.1) is 0 Å². The van der Waals surface area contributed by atoms with Gasteiger partial charge in [-0.2, -0.15) is 5.10 Å². The monoisotopic (exact) mass is 430 g/mol. The van der Waals surface area contributed by atoms with Gasteiger partial charge in [0.2, 0.25) is 5.13 Å². The van der Waals surface area contributed by atoms with Crippen molar-refractivity contribution in [3.63, 3.8) is 0 Å². The summed E-state index contributed by atoms with van der Waals surface area (Å²) in [5, 5.41) is 14.6. The number of pyridine rings is 1. The third kappa shape index (κ3) is 3.97. The molecule has 0 amide bonds. The lowest BCUT2D eigenvalue weighted by Gasteiger charge is -2.11. The van der Waals surface area contributed by atoms with Crippen LogP contribution in [0.2, 0.25) is 0 Å². The molecule has 3 heterocycles. The van der Waals surface area contributed by atoms with E-state index in [1.54, 1.807) is 23.5 Å². The van der Waals surface area contributed by atoms with Crippen LogP contribution in [0.3, 0.4) is 0 Å². The second kappa shape index (κ2) is 8.16. The van der Waals surface area contributed by atoms with Gasteiger partial charge < -0.3 is 9.84 Å². The van der Waals surface area contributed by atoms with Crippen LogP contribution < -0.4 is 10.2 Å². The van der Waals surface area contributed by atoms with Crippen LogP contribution in [0, 0.1) is 0 Å². The lowest BCUT2D eigenvalue weighted by Crippen LogP contribution is -2.05. The molecule has 2 N–H and O–H groups in total. The number of nitrogens with zero attached hydrogens (tertiary/aromatic N) is 3. The SMILES string of the molecule is O=C(O)c1cccc(-c2ccc3c(c2)C(=NNc2nc4ccccc4s2)CCCO3)n1. The molecule has 0 saturated carbocycles. The number of nitrogens with one attached hydrogen (secondary N) is 1. The molecule has 1 aliphatic rings. The zero-order valence-corrected chi connectivity index (χ0v) is 17.2. The van der Waals surface area contributed by atoms with Gasteiger partial charge in [-0.25, -0.2) is 14.8 Å². The maximum absolute atomic E-state index is 11.3. The summed E-state index contributed by atoms with van der Waals surface area (Å²) < 4.78 is 6.99. The van der Waals surface area contributed by atoms with E-state index in [4.69, 9.17) is 4.74 Å². The van der Waals surface area contributed by atoms with E-state index in [9.17, 15) is 9.90 Å². The predicted molar refractivity (Wildman–Crippen MR) is 121 cm³/mol. The Bertz CT molecular complexity index is 1280. The van der Waals surface area contributed by atoms with Crippen molar-refractivity contribution in [2.45, 2.75) is 12.8 Å². The summed E-state index contributed by atoms with van der Waals surface area (Å²) in [5.74, 6) is -0.303. The molecule has 154 valence electrons. The van der Waals surface area contributed by atoms with Crippen molar-refractivity contribution < 1.29 is 14.6 Å². The predicted octanol–water partition coefficient (Wildman–Crippen LogP) is 5.05. The van der Waals surface area contributed by atoms with Crippen LogP contribution in [0.1, 0.15) is 28.9 Å². The molecular formula is C23H18N4O3S. The first-order valence-corrected chi connectivity index (χ1v) is 10.6. The summed E-state index contributed by atoms with van der Waals surface area (Å²) in [4.78, 5) is 20.1. The van der Waals surface area contributed by atoms with Crippen LogP contribution in [-0.2, 0) is 0 Å². The van der Waals surface area contributed by atoms with E-state index in [0.29, 0.717) is 12.3 Å². The van der Waals surface area contributed by atoms with Gasteiger partial charge in [-0.1, -0.05) is 29.5 Å². The number of aromatic nitrogens is 2. The number of carboxylic acid groups (broad SMARTS) is 1. The Morgan fingerprint density at radius 3 is 2.87 bits per heavy atom. The van der Waals surface area contributed by atoms with Crippen LogP contribution in [0.4, 0.5) is 5.13 Å². The normalized spacial score (nSPS) is 14.6. The van der Waals surface area contributed by atoms with E-state index in [2.05, 4.69) is 20.5 Å². The van der Waals surface area contributed by atoms with E-state index in [-0.39, 0.29) is 5.69 Å². The Morgan fingerprint density at radius 1 is 1.10 bits per heavy atom. The van der Waals surface area contributed by atoms with Crippen molar-refractivity contribution >= 4 is 38.4 Å². The van der Waals surface area contributed by atoms with Gasteiger partial charge in [-0.3, -0.25) is 5.43 Å². The standard InChI is InChI=1S/C23H18N4O3S/c28-22(29)19-7-3-6-16(24-19)14-10-11-20-15(13-14)17(8-4-12-30-20)26-27-23-25-18-5-1-2-9-21(18)31-23/h1-3,5-7,9-11,13H,4,8,12H2,(H,25,27)(H,28,29). The molecule has 0 fully saturated rings. The minimum absolute atomic E-state index is 0.00934. The number of para-hydroxylation sites is 1. The molecule has 4 aromatic rings. The number of benzene rings is 2. The van der Waals surface area contributed by atoms with Crippen LogP contribution >= 0.6 is 11.3 Å². The van der Waals surface area contributed by atoms with E-state index in [0.717, 1.165) is 50.8 Å². The largest absolute Gasteiger partial charge is 0.493 e. The molecule has 0 atom stereocenters. The molecule has 0 spiro atoms. The summed E-state index contributed by atoms with van der Waals surface area (Å²) in [6.07, 6.45) is 1.59. The molecule has 0 radical (unpaired) electrons. The number of hydrogen-bond acceptors (Lipinski definition) is 7. The molecule has 31 heavy (non-hydrogen) atoms. The van der Waals surface area contributed by atoms with Crippen molar-refractivity contribution in [3.05, 3.63) is 71.9 Å². The van der Waals surface area contributed by atoms with E-state index >= 15 is 0 Å². The number of fused-ring (bicyclic) bond motifs is 2. The summed E-state index contributed by atoms with van der Waals surface area (Å²) in [6, 6.07) is 18.7. The van der Waals surface area contributed by atoms with Gasteiger partial charge in [-0.05, 0) is 55.3 Å². The van der Waals surface area contributed by atoms with E-state index in [1.165, 1.54) is 6.07 Å². The van der Waals surface area contributed by atoms with Crippen LogP contribution in [-0.4, -0.2) is 33.4 Å². The first kappa shape index (κ1) is 19.2. The molecular weight excluding hydrogens is 412 g/mol. The second-order valence-electron chi connectivity index (χ2n) is 7.03. The molecule has 7 nitrogen and oxygen atoms in total. The number of carboxylic acids is 1. The van der Waals surface area contributed by atoms with Crippen LogP contribution in [0.25, 0.3) is 21.5 Å². The average Bonchev–Trinajstić information content (AvgIpc) is 3.11. The molecule has 2 aromatic carbocycles. The van der Waals surface area contributed by atoms with Crippen LogP contribution in [0.5, 0.6) is 5.75 Å². The highest BCUT2D eigenvalue weighted by Crippen LogP contribution is 2.31. The molecule has 0 unspecified atom stereocenters. The molecule has 8 heteroatoms. The molecule has 0 bridgehead atoms. The van der Waals surface area contributed by atoms with Gasteiger partial charge in [0, 0.05) is 11.1 Å². The van der Waals surface area contributed by atoms with Gasteiger partial charge in [0.25, 0.3) is 0 Å².